The highest BCUT2D eigenvalue weighted by Crippen LogP contribution is 2.29. The van der Waals surface area contributed by atoms with E-state index in [0.29, 0.717) is 18.1 Å². The van der Waals surface area contributed by atoms with Gasteiger partial charge in [0.2, 0.25) is 0 Å². The summed E-state index contributed by atoms with van der Waals surface area (Å²) in [6.07, 6.45) is 0.352. The van der Waals surface area contributed by atoms with Crippen LogP contribution in [0.15, 0.2) is 72.9 Å². The summed E-state index contributed by atoms with van der Waals surface area (Å²) in [7, 11) is 0. The zero-order valence-electron chi connectivity index (χ0n) is 18.5. The van der Waals surface area contributed by atoms with Crippen LogP contribution >= 0.6 is 0 Å². The third-order valence-corrected chi connectivity index (χ3v) is 4.71. The summed E-state index contributed by atoms with van der Waals surface area (Å²) in [5.41, 5.74) is 2.02. The highest BCUT2D eigenvalue weighted by atomic mass is 16.5. The second kappa shape index (κ2) is 12.9. The highest BCUT2D eigenvalue weighted by molar-refractivity contribution is 5.98. The second-order valence-corrected chi connectivity index (χ2v) is 7.39. The van der Waals surface area contributed by atoms with Gasteiger partial charge in [0.25, 0.3) is 0 Å². The average Bonchev–Trinajstić information content (AvgIpc) is 2.89. The molecule has 1 aromatic heterocycles. The number of ketones is 1. The van der Waals surface area contributed by atoms with Crippen molar-refractivity contribution in [3.8, 4) is 11.5 Å². The molecule has 34 heavy (non-hydrogen) atoms. The fourth-order valence-electron chi connectivity index (χ4n) is 2.86. The van der Waals surface area contributed by atoms with E-state index in [4.69, 9.17) is 14.6 Å². The Hall–Kier alpha value is -3.95. The smallest absolute Gasteiger partial charge is 0.315 e. The van der Waals surface area contributed by atoms with Gasteiger partial charge in [0.05, 0.1) is 25.5 Å². The number of aromatic nitrogens is 1. The number of hydrogen-bond donors (Lipinski definition) is 4. The minimum atomic E-state index is -1.07. The third kappa shape index (κ3) is 7.88. The monoisotopic (exact) mass is 465 g/mol. The van der Waals surface area contributed by atoms with Gasteiger partial charge in [-0.1, -0.05) is 60.7 Å². The van der Waals surface area contributed by atoms with E-state index in [1.165, 1.54) is 12.3 Å². The zero-order chi connectivity index (χ0) is 24.2. The van der Waals surface area contributed by atoms with Crippen LogP contribution in [0, 0.1) is 0 Å². The van der Waals surface area contributed by atoms with E-state index in [-0.39, 0.29) is 25.4 Å². The average molecular weight is 466 g/mol. The topological polar surface area (TPSA) is 130 Å². The molecule has 3 aromatic rings. The number of aliphatic hydroxyl groups is 2. The van der Waals surface area contributed by atoms with Crippen molar-refractivity contribution in [2.75, 3.05) is 19.7 Å². The minimum absolute atomic E-state index is 0.103. The van der Waals surface area contributed by atoms with Crippen molar-refractivity contribution in [2.24, 2.45) is 0 Å². The van der Waals surface area contributed by atoms with Gasteiger partial charge in [-0.25, -0.2) is 9.78 Å². The summed E-state index contributed by atoms with van der Waals surface area (Å²) >= 11 is 0. The molecule has 0 aliphatic carbocycles. The minimum Gasteiger partial charge on any atom is -0.485 e. The predicted octanol–water partition coefficient (Wildman–Crippen LogP) is 2.07. The molecule has 0 aliphatic rings. The van der Waals surface area contributed by atoms with Crippen LogP contribution in [0.1, 0.15) is 21.6 Å². The molecule has 0 radical (unpaired) electrons. The van der Waals surface area contributed by atoms with Gasteiger partial charge in [0.15, 0.2) is 17.3 Å². The maximum atomic E-state index is 12.6. The van der Waals surface area contributed by atoms with Crippen molar-refractivity contribution in [3.05, 3.63) is 89.7 Å². The Morgan fingerprint density at radius 3 is 2.06 bits per heavy atom. The number of urea groups is 1. The number of rotatable bonds is 12. The fraction of sp³-hybridized carbons (Fsp3) is 0.240. The number of ether oxygens (including phenoxy) is 2. The summed E-state index contributed by atoms with van der Waals surface area (Å²) in [6, 6.07) is 20.0. The Morgan fingerprint density at radius 2 is 1.47 bits per heavy atom. The molecule has 178 valence electrons. The number of nitrogens with zero attached hydrogens (tertiary/aromatic N) is 1. The van der Waals surface area contributed by atoms with Crippen LogP contribution in [0.5, 0.6) is 11.5 Å². The first-order chi connectivity index (χ1) is 16.5. The molecule has 2 amide bonds. The molecule has 0 aliphatic heterocycles. The summed E-state index contributed by atoms with van der Waals surface area (Å²) in [6.45, 7) is -0.351. The van der Waals surface area contributed by atoms with E-state index in [1.54, 1.807) is 0 Å². The number of carbonyl (C=O) groups excluding carboxylic acids is 2. The first-order valence-corrected chi connectivity index (χ1v) is 10.7. The quantitative estimate of drug-likeness (QED) is 0.301. The molecule has 0 saturated heterocycles. The number of carbonyl (C=O) groups is 2. The summed E-state index contributed by atoms with van der Waals surface area (Å²) in [5.74, 6) is 0.311. The lowest BCUT2D eigenvalue weighted by molar-refractivity contribution is 0.0951. The van der Waals surface area contributed by atoms with Gasteiger partial charge < -0.3 is 30.3 Å². The van der Waals surface area contributed by atoms with Crippen molar-refractivity contribution in [1.29, 1.82) is 0 Å². The Labute approximate surface area is 197 Å². The van der Waals surface area contributed by atoms with Gasteiger partial charge in [0, 0.05) is 12.6 Å². The number of hydrogen-bond acceptors (Lipinski definition) is 7. The molecule has 1 heterocycles. The van der Waals surface area contributed by atoms with Gasteiger partial charge in [-0.2, -0.15) is 0 Å². The van der Waals surface area contributed by atoms with E-state index in [2.05, 4.69) is 15.6 Å². The van der Waals surface area contributed by atoms with E-state index in [9.17, 15) is 14.7 Å². The van der Waals surface area contributed by atoms with E-state index in [0.717, 1.165) is 11.1 Å². The van der Waals surface area contributed by atoms with Crippen molar-refractivity contribution < 1.29 is 29.3 Å². The van der Waals surface area contributed by atoms with Crippen LogP contribution in [-0.2, 0) is 13.2 Å². The molecule has 0 fully saturated rings. The molecule has 3 rings (SSSR count). The lowest BCUT2D eigenvalue weighted by Crippen LogP contribution is -2.42. The maximum absolute atomic E-state index is 12.6. The highest BCUT2D eigenvalue weighted by Gasteiger charge is 2.15. The van der Waals surface area contributed by atoms with Gasteiger partial charge >= 0.3 is 6.03 Å². The first kappa shape index (κ1) is 24.7. The van der Waals surface area contributed by atoms with E-state index < -0.39 is 24.5 Å². The van der Waals surface area contributed by atoms with Crippen molar-refractivity contribution >= 4 is 11.8 Å². The Kier molecular flexibility index (Phi) is 9.39. The Bertz CT molecular complexity index is 1060. The van der Waals surface area contributed by atoms with Crippen LogP contribution in [0.4, 0.5) is 4.79 Å². The second-order valence-electron chi connectivity index (χ2n) is 7.39. The van der Waals surface area contributed by atoms with Crippen LogP contribution in [0.2, 0.25) is 0 Å². The number of Topliss-reactive ketones (excluding diaryl/α,β-unsaturated/α-hetero) is 1. The molecule has 4 N–H and O–H groups in total. The van der Waals surface area contributed by atoms with E-state index in [1.807, 2.05) is 60.7 Å². The van der Waals surface area contributed by atoms with Gasteiger partial charge in [0.1, 0.15) is 18.9 Å². The molecular formula is C25H27N3O6. The summed E-state index contributed by atoms with van der Waals surface area (Å²) in [5, 5.41) is 22.8. The van der Waals surface area contributed by atoms with Gasteiger partial charge in [-0.3, -0.25) is 4.79 Å². The standard InChI is InChI=1S/C25H27N3O6/c29-15-20(30)12-27-25(32)28-13-22(31)21-11-23(33-16-18-7-3-1-4-8-18)24(14-26-21)34-17-19-9-5-2-6-10-19/h1-11,14,20,29-30H,12-13,15-17H2,(H2,27,28,32)/t20-/m1/s1. The molecule has 0 unspecified atom stereocenters. The van der Waals surface area contributed by atoms with Crippen molar-refractivity contribution in [1.82, 2.24) is 15.6 Å². The van der Waals surface area contributed by atoms with Crippen molar-refractivity contribution in [2.45, 2.75) is 19.3 Å². The normalized spacial score (nSPS) is 11.4. The number of amides is 2. The third-order valence-electron chi connectivity index (χ3n) is 4.71. The molecule has 1 atom stereocenters. The number of pyridine rings is 1. The van der Waals surface area contributed by atoms with Crippen molar-refractivity contribution in [3.63, 3.8) is 0 Å². The predicted molar refractivity (Wildman–Crippen MR) is 125 cm³/mol. The molecule has 0 spiro atoms. The van der Waals surface area contributed by atoms with Crippen LogP contribution in [0.25, 0.3) is 0 Å². The summed E-state index contributed by atoms with van der Waals surface area (Å²) in [4.78, 5) is 28.5. The van der Waals surface area contributed by atoms with Gasteiger partial charge in [-0.15, -0.1) is 0 Å². The molecule has 0 bridgehead atoms. The van der Waals surface area contributed by atoms with Crippen LogP contribution in [-0.4, -0.2) is 52.8 Å². The largest absolute Gasteiger partial charge is 0.485 e. The molecular weight excluding hydrogens is 438 g/mol. The molecule has 2 aromatic carbocycles. The number of nitrogens with one attached hydrogen (secondary N) is 2. The zero-order valence-corrected chi connectivity index (χ0v) is 18.5. The van der Waals surface area contributed by atoms with Crippen LogP contribution < -0.4 is 20.1 Å². The Morgan fingerprint density at radius 1 is 0.882 bits per heavy atom. The van der Waals surface area contributed by atoms with Gasteiger partial charge in [-0.05, 0) is 11.1 Å². The molecule has 9 nitrogen and oxygen atoms in total. The number of benzene rings is 2. The Balaban J connectivity index is 1.66. The number of aliphatic hydroxyl groups excluding tert-OH is 2. The molecule has 9 heteroatoms. The molecule has 0 saturated carbocycles. The first-order valence-electron chi connectivity index (χ1n) is 10.7. The summed E-state index contributed by atoms with van der Waals surface area (Å²) < 4.78 is 11.8. The van der Waals surface area contributed by atoms with E-state index >= 15 is 0 Å². The SMILES string of the molecule is O=C(NCC(=O)c1cc(OCc2ccccc2)c(OCc2ccccc2)cn1)NC[C@@H](O)CO. The van der Waals surface area contributed by atoms with Crippen LogP contribution in [0.3, 0.4) is 0 Å². The maximum Gasteiger partial charge on any atom is 0.315 e. The fourth-order valence-corrected chi connectivity index (χ4v) is 2.86. The lowest BCUT2D eigenvalue weighted by Gasteiger charge is -2.14. The lowest BCUT2D eigenvalue weighted by atomic mass is 10.2.